The maximum atomic E-state index is 11.9. The van der Waals surface area contributed by atoms with Crippen molar-refractivity contribution >= 4 is 11.9 Å². The molecule has 16 heavy (non-hydrogen) atoms. The summed E-state index contributed by atoms with van der Waals surface area (Å²) < 4.78 is 5.36. The third-order valence-electron chi connectivity index (χ3n) is 2.68. The van der Waals surface area contributed by atoms with Gasteiger partial charge < -0.3 is 14.7 Å². The Labute approximate surface area is 95.4 Å². The predicted octanol–water partition coefficient (Wildman–Crippen LogP) is 0.877. The van der Waals surface area contributed by atoms with Crippen molar-refractivity contribution in [2.24, 2.45) is 0 Å². The van der Waals surface area contributed by atoms with E-state index in [0.717, 1.165) is 12.8 Å². The van der Waals surface area contributed by atoms with Crippen LogP contribution < -0.4 is 0 Å². The van der Waals surface area contributed by atoms with Gasteiger partial charge in [-0.15, -0.1) is 0 Å². The number of nitrogens with zero attached hydrogens (tertiary/aromatic N) is 1. The third-order valence-corrected chi connectivity index (χ3v) is 2.68. The molecule has 5 nitrogen and oxygen atoms in total. The first kappa shape index (κ1) is 13.0. The van der Waals surface area contributed by atoms with Crippen LogP contribution in [0, 0.1) is 0 Å². The average molecular weight is 229 g/mol. The number of hydrogen-bond donors (Lipinski definition) is 1. The molecule has 1 saturated heterocycles. The second-order valence-corrected chi connectivity index (χ2v) is 4.35. The Morgan fingerprint density at radius 1 is 1.50 bits per heavy atom. The molecule has 1 amide bonds. The van der Waals surface area contributed by atoms with Gasteiger partial charge in [-0.05, 0) is 26.7 Å². The molecule has 1 aliphatic rings. The van der Waals surface area contributed by atoms with E-state index in [4.69, 9.17) is 9.84 Å². The molecule has 1 atom stereocenters. The van der Waals surface area contributed by atoms with Crippen LogP contribution in [-0.4, -0.2) is 47.2 Å². The van der Waals surface area contributed by atoms with Crippen LogP contribution in [0.1, 0.15) is 33.1 Å². The molecule has 0 saturated carbocycles. The van der Waals surface area contributed by atoms with Crippen LogP contribution in [0.25, 0.3) is 0 Å². The highest BCUT2D eigenvalue weighted by Crippen LogP contribution is 2.17. The molecule has 5 heteroatoms. The highest BCUT2D eigenvalue weighted by Gasteiger charge is 2.25. The van der Waals surface area contributed by atoms with Gasteiger partial charge in [0.25, 0.3) is 0 Å². The van der Waals surface area contributed by atoms with Crippen LogP contribution in [0.4, 0.5) is 0 Å². The Morgan fingerprint density at radius 3 is 2.62 bits per heavy atom. The fourth-order valence-corrected chi connectivity index (χ4v) is 1.82. The van der Waals surface area contributed by atoms with Crippen LogP contribution in [0.3, 0.4) is 0 Å². The number of carboxylic acids is 1. The standard InChI is InChI=1S/C11H19NO4/c1-8(2)12(7-11(14)15)10(13)6-9-4-3-5-16-9/h8-9H,3-7H2,1-2H3,(H,14,15). The lowest BCUT2D eigenvalue weighted by Crippen LogP contribution is -2.41. The molecule has 1 heterocycles. The van der Waals surface area contributed by atoms with Crippen molar-refractivity contribution in [2.75, 3.05) is 13.2 Å². The third kappa shape index (κ3) is 3.81. The molecule has 1 unspecified atom stereocenters. The predicted molar refractivity (Wildman–Crippen MR) is 58.1 cm³/mol. The van der Waals surface area contributed by atoms with Gasteiger partial charge in [0.05, 0.1) is 12.5 Å². The summed E-state index contributed by atoms with van der Waals surface area (Å²) >= 11 is 0. The van der Waals surface area contributed by atoms with Gasteiger partial charge in [0.2, 0.25) is 5.91 Å². The smallest absolute Gasteiger partial charge is 0.323 e. The first-order valence-electron chi connectivity index (χ1n) is 5.63. The normalized spacial score (nSPS) is 20.1. The summed E-state index contributed by atoms with van der Waals surface area (Å²) in [5.41, 5.74) is 0. The van der Waals surface area contributed by atoms with Crippen molar-refractivity contribution in [1.29, 1.82) is 0 Å². The Morgan fingerprint density at radius 2 is 2.19 bits per heavy atom. The molecule has 0 aromatic rings. The molecule has 0 radical (unpaired) electrons. The van der Waals surface area contributed by atoms with Crippen LogP contribution >= 0.6 is 0 Å². The van der Waals surface area contributed by atoms with Crippen molar-refractivity contribution in [2.45, 2.75) is 45.3 Å². The minimum absolute atomic E-state index is 0.0254. The zero-order valence-corrected chi connectivity index (χ0v) is 9.81. The van der Waals surface area contributed by atoms with Crippen molar-refractivity contribution < 1.29 is 19.4 Å². The minimum atomic E-state index is -0.977. The second kappa shape index (κ2) is 5.84. The largest absolute Gasteiger partial charge is 0.480 e. The van der Waals surface area contributed by atoms with Crippen molar-refractivity contribution in [3.05, 3.63) is 0 Å². The van der Waals surface area contributed by atoms with Gasteiger partial charge in [-0.25, -0.2) is 0 Å². The Hall–Kier alpha value is -1.10. The van der Waals surface area contributed by atoms with Crippen molar-refractivity contribution in [3.63, 3.8) is 0 Å². The Kier molecular flexibility index (Phi) is 4.73. The molecule has 1 aliphatic heterocycles. The molecular formula is C11H19NO4. The molecule has 0 aromatic heterocycles. The minimum Gasteiger partial charge on any atom is -0.480 e. The number of carbonyl (C=O) groups excluding carboxylic acids is 1. The number of hydrogen-bond acceptors (Lipinski definition) is 3. The number of aliphatic carboxylic acids is 1. The van der Waals surface area contributed by atoms with E-state index >= 15 is 0 Å². The summed E-state index contributed by atoms with van der Waals surface area (Å²) in [5.74, 6) is -1.11. The van der Waals surface area contributed by atoms with Crippen LogP contribution in [0.15, 0.2) is 0 Å². The van der Waals surface area contributed by atoms with Gasteiger partial charge in [0.1, 0.15) is 6.54 Å². The second-order valence-electron chi connectivity index (χ2n) is 4.35. The van der Waals surface area contributed by atoms with E-state index in [0.29, 0.717) is 13.0 Å². The fraction of sp³-hybridized carbons (Fsp3) is 0.818. The summed E-state index contributed by atoms with van der Waals surface area (Å²) in [6.45, 7) is 4.11. The topological polar surface area (TPSA) is 66.8 Å². The van der Waals surface area contributed by atoms with E-state index < -0.39 is 5.97 Å². The average Bonchev–Trinajstić information content (AvgIpc) is 2.65. The number of amides is 1. The number of rotatable bonds is 5. The zero-order valence-electron chi connectivity index (χ0n) is 9.81. The van der Waals surface area contributed by atoms with Crippen molar-refractivity contribution in [1.82, 2.24) is 4.90 Å². The molecule has 1 fully saturated rings. The maximum absolute atomic E-state index is 11.9. The van der Waals surface area contributed by atoms with Crippen LogP contribution in [0.5, 0.6) is 0 Å². The van der Waals surface area contributed by atoms with E-state index in [1.165, 1.54) is 4.90 Å². The van der Waals surface area contributed by atoms with Gasteiger partial charge in [0.15, 0.2) is 0 Å². The first-order valence-corrected chi connectivity index (χ1v) is 5.63. The molecule has 1 rings (SSSR count). The van der Waals surface area contributed by atoms with Gasteiger partial charge >= 0.3 is 5.97 Å². The first-order chi connectivity index (χ1) is 7.50. The molecule has 0 bridgehead atoms. The number of carboxylic acid groups (broad SMARTS) is 1. The van der Waals surface area contributed by atoms with E-state index in [9.17, 15) is 9.59 Å². The lowest BCUT2D eigenvalue weighted by Gasteiger charge is -2.26. The molecule has 1 N–H and O–H groups in total. The molecule has 0 aromatic carbocycles. The van der Waals surface area contributed by atoms with Gasteiger partial charge in [0, 0.05) is 12.6 Å². The molecule has 92 valence electrons. The quantitative estimate of drug-likeness (QED) is 0.759. The summed E-state index contributed by atoms with van der Waals surface area (Å²) in [5, 5.41) is 8.72. The lowest BCUT2D eigenvalue weighted by molar-refractivity contribution is -0.146. The molecule has 0 aliphatic carbocycles. The van der Waals surface area contributed by atoms with E-state index in [1.807, 2.05) is 13.8 Å². The Bertz CT molecular complexity index is 259. The number of carbonyl (C=O) groups is 2. The maximum Gasteiger partial charge on any atom is 0.323 e. The van der Waals surface area contributed by atoms with E-state index in [-0.39, 0.29) is 24.6 Å². The van der Waals surface area contributed by atoms with E-state index in [2.05, 4.69) is 0 Å². The highest BCUT2D eigenvalue weighted by atomic mass is 16.5. The zero-order chi connectivity index (χ0) is 12.1. The molecular weight excluding hydrogens is 210 g/mol. The Balaban J connectivity index is 2.49. The lowest BCUT2D eigenvalue weighted by atomic mass is 10.1. The van der Waals surface area contributed by atoms with Gasteiger partial charge in [-0.3, -0.25) is 9.59 Å². The summed E-state index contributed by atoms with van der Waals surface area (Å²) in [6, 6.07) is -0.0926. The van der Waals surface area contributed by atoms with Crippen molar-refractivity contribution in [3.8, 4) is 0 Å². The van der Waals surface area contributed by atoms with Gasteiger partial charge in [-0.1, -0.05) is 0 Å². The summed E-state index contributed by atoms with van der Waals surface area (Å²) in [7, 11) is 0. The summed E-state index contributed by atoms with van der Waals surface area (Å²) in [6.07, 6.45) is 2.15. The summed E-state index contributed by atoms with van der Waals surface area (Å²) in [4.78, 5) is 23.9. The van der Waals surface area contributed by atoms with E-state index in [1.54, 1.807) is 0 Å². The van der Waals surface area contributed by atoms with Crippen LogP contribution in [0.2, 0.25) is 0 Å². The monoisotopic (exact) mass is 229 g/mol. The SMILES string of the molecule is CC(C)N(CC(=O)O)C(=O)CC1CCCO1. The fourth-order valence-electron chi connectivity index (χ4n) is 1.82. The van der Waals surface area contributed by atoms with Gasteiger partial charge in [-0.2, -0.15) is 0 Å². The highest BCUT2D eigenvalue weighted by molar-refractivity contribution is 5.81. The van der Waals surface area contributed by atoms with Crippen LogP contribution in [-0.2, 0) is 14.3 Å². The molecule has 0 spiro atoms. The number of ether oxygens (including phenoxy) is 1.